The van der Waals surface area contributed by atoms with Gasteiger partial charge in [0.25, 0.3) is 0 Å². The summed E-state index contributed by atoms with van der Waals surface area (Å²) in [6.45, 7) is 3.83. The van der Waals surface area contributed by atoms with Crippen LogP contribution in [0.4, 0.5) is 5.82 Å². The highest BCUT2D eigenvalue weighted by Gasteiger charge is 2.20. The Morgan fingerprint density at radius 2 is 1.95 bits per heavy atom. The third-order valence-electron chi connectivity index (χ3n) is 3.26. The molecule has 6 heteroatoms. The summed E-state index contributed by atoms with van der Waals surface area (Å²) in [5.41, 5.74) is 12.7. The maximum Gasteiger partial charge on any atom is 0.240 e. The van der Waals surface area contributed by atoms with Crippen LogP contribution in [-0.4, -0.2) is 21.9 Å². The minimum Gasteiger partial charge on any atom is -0.389 e. The normalized spacial score (nSPS) is 12.3. The summed E-state index contributed by atoms with van der Waals surface area (Å²) in [5.74, 6) is 0.162. The number of carbonyl (C=O) groups is 1. The first-order chi connectivity index (χ1) is 9.90. The van der Waals surface area contributed by atoms with Gasteiger partial charge in [0.2, 0.25) is 5.91 Å². The number of hydrogen-bond acceptors (Lipinski definition) is 4. The molecule has 1 aromatic heterocycles. The number of thiocarbonyl (C=S) groups is 1. The van der Waals surface area contributed by atoms with Crippen LogP contribution < -0.4 is 16.8 Å². The zero-order valence-corrected chi connectivity index (χ0v) is 12.8. The maximum atomic E-state index is 11.5. The van der Waals surface area contributed by atoms with E-state index in [1.165, 1.54) is 0 Å². The molecule has 1 heterocycles. The molecule has 1 amide bonds. The van der Waals surface area contributed by atoms with E-state index < -0.39 is 11.9 Å². The molecule has 0 fully saturated rings. The Bertz CT molecular complexity index is 699. The number of primary amides is 1. The number of pyridine rings is 1. The van der Waals surface area contributed by atoms with Crippen LogP contribution in [0.25, 0.3) is 10.9 Å². The van der Waals surface area contributed by atoms with E-state index in [9.17, 15) is 4.79 Å². The number of nitrogens with one attached hydrogen (secondary N) is 1. The first kappa shape index (κ1) is 15.2. The lowest BCUT2D eigenvalue weighted by atomic mass is 10.0. The van der Waals surface area contributed by atoms with Crippen molar-refractivity contribution in [1.29, 1.82) is 0 Å². The quantitative estimate of drug-likeness (QED) is 0.732. The summed E-state index contributed by atoms with van der Waals surface area (Å²) < 4.78 is 0. The predicted octanol–water partition coefficient (Wildman–Crippen LogP) is 1.79. The van der Waals surface area contributed by atoms with Crippen LogP contribution in [-0.2, 0) is 4.79 Å². The highest BCUT2D eigenvalue weighted by atomic mass is 32.1. The van der Waals surface area contributed by atoms with E-state index in [0.29, 0.717) is 5.82 Å². The highest BCUT2D eigenvalue weighted by Crippen LogP contribution is 2.22. The number of fused-ring (bicyclic) bond motifs is 1. The number of rotatable bonds is 5. The van der Waals surface area contributed by atoms with Crippen LogP contribution in [0.1, 0.15) is 19.4 Å². The molecule has 0 spiro atoms. The second kappa shape index (κ2) is 6.05. The molecule has 0 saturated heterocycles. The fourth-order valence-electron chi connectivity index (χ4n) is 2.18. The second-order valence-electron chi connectivity index (χ2n) is 5.20. The van der Waals surface area contributed by atoms with Gasteiger partial charge in [0, 0.05) is 10.9 Å². The van der Waals surface area contributed by atoms with Gasteiger partial charge in [0.05, 0.1) is 5.52 Å². The maximum absolute atomic E-state index is 11.5. The van der Waals surface area contributed by atoms with E-state index in [1.807, 2.05) is 38.1 Å². The van der Waals surface area contributed by atoms with Gasteiger partial charge in [-0.1, -0.05) is 44.3 Å². The number of aromatic nitrogens is 1. The number of anilines is 1. The van der Waals surface area contributed by atoms with Gasteiger partial charge >= 0.3 is 0 Å². The minimum absolute atomic E-state index is 0.0454. The molecule has 110 valence electrons. The zero-order chi connectivity index (χ0) is 15.6. The van der Waals surface area contributed by atoms with Gasteiger partial charge in [-0.15, -0.1) is 0 Å². The Hall–Kier alpha value is -2.21. The lowest BCUT2D eigenvalue weighted by molar-refractivity contribution is -0.119. The molecule has 2 rings (SSSR count). The molecule has 0 aliphatic rings. The summed E-state index contributed by atoms with van der Waals surface area (Å²) in [6.07, 6.45) is 0. The first-order valence-corrected chi connectivity index (χ1v) is 7.06. The number of benzene rings is 1. The van der Waals surface area contributed by atoms with Crippen molar-refractivity contribution < 1.29 is 4.79 Å². The number of nitrogens with two attached hydrogens (primary N) is 2. The largest absolute Gasteiger partial charge is 0.389 e. The van der Waals surface area contributed by atoms with E-state index in [2.05, 4.69) is 10.3 Å². The lowest BCUT2D eigenvalue weighted by Gasteiger charge is -2.20. The number of nitrogens with zero attached hydrogens (tertiary/aromatic N) is 1. The molecule has 0 radical (unpaired) electrons. The van der Waals surface area contributed by atoms with Gasteiger partial charge in [-0.2, -0.15) is 0 Å². The molecule has 5 N–H and O–H groups in total. The average molecular weight is 302 g/mol. The Morgan fingerprint density at radius 3 is 2.52 bits per heavy atom. The summed E-state index contributed by atoms with van der Waals surface area (Å²) in [5, 5.41) is 3.95. The van der Waals surface area contributed by atoms with E-state index in [1.54, 1.807) is 6.07 Å². The number of hydrogen-bond donors (Lipinski definition) is 3. The molecule has 1 atom stereocenters. The zero-order valence-electron chi connectivity index (χ0n) is 12.0. The first-order valence-electron chi connectivity index (χ1n) is 6.65. The average Bonchev–Trinajstić information content (AvgIpc) is 2.43. The van der Waals surface area contributed by atoms with Crippen LogP contribution in [0.15, 0.2) is 30.3 Å². The van der Waals surface area contributed by atoms with E-state index >= 15 is 0 Å². The summed E-state index contributed by atoms with van der Waals surface area (Å²) in [4.78, 5) is 16.3. The van der Waals surface area contributed by atoms with Crippen molar-refractivity contribution in [2.75, 3.05) is 5.32 Å². The third-order valence-corrected chi connectivity index (χ3v) is 3.48. The van der Waals surface area contributed by atoms with Gasteiger partial charge in [-0.3, -0.25) is 4.79 Å². The summed E-state index contributed by atoms with van der Waals surface area (Å²) >= 11 is 5.10. The number of para-hydroxylation sites is 1. The topological polar surface area (TPSA) is 94.0 Å². The van der Waals surface area contributed by atoms with Gasteiger partial charge < -0.3 is 16.8 Å². The van der Waals surface area contributed by atoms with Crippen molar-refractivity contribution in [3.63, 3.8) is 0 Å². The van der Waals surface area contributed by atoms with Crippen molar-refractivity contribution >= 4 is 39.8 Å². The Balaban J connectivity index is 2.50. The molecule has 5 nitrogen and oxygen atoms in total. The summed E-state index contributed by atoms with van der Waals surface area (Å²) in [7, 11) is 0. The molecule has 1 unspecified atom stereocenters. The van der Waals surface area contributed by atoms with Crippen molar-refractivity contribution in [2.24, 2.45) is 17.4 Å². The molecule has 0 aliphatic carbocycles. The van der Waals surface area contributed by atoms with Crippen LogP contribution in [0.5, 0.6) is 0 Å². The van der Waals surface area contributed by atoms with E-state index in [0.717, 1.165) is 16.5 Å². The van der Waals surface area contributed by atoms with Crippen molar-refractivity contribution in [3.05, 3.63) is 35.9 Å². The fourth-order valence-corrected chi connectivity index (χ4v) is 2.35. The predicted molar refractivity (Wildman–Crippen MR) is 89.1 cm³/mol. The Morgan fingerprint density at radius 1 is 1.29 bits per heavy atom. The molecule has 21 heavy (non-hydrogen) atoms. The van der Waals surface area contributed by atoms with Crippen molar-refractivity contribution in [1.82, 2.24) is 4.98 Å². The number of carbonyl (C=O) groups excluding carboxylic acids is 1. The minimum atomic E-state index is -0.502. The van der Waals surface area contributed by atoms with Crippen LogP contribution in [0.2, 0.25) is 0 Å². The standard InChI is InChI=1S/C15H18N4OS/c1-8(2)13(14(16)20)19-12-7-10(15(17)21)9-5-3-4-6-11(9)18-12/h3-8,13H,1-2H3,(H2,16,20)(H2,17,21)(H,18,19). The van der Waals surface area contributed by atoms with Crippen LogP contribution >= 0.6 is 12.2 Å². The monoisotopic (exact) mass is 302 g/mol. The van der Waals surface area contributed by atoms with Gasteiger partial charge in [-0.05, 0) is 18.1 Å². The Kier molecular flexibility index (Phi) is 4.37. The van der Waals surface area contributed by atoms with Crippen molar-refractivity contribution in [2.45, 2.75) is 19.9 Å². The molecular weight excluding hydrogens is 284 g/mol. The SMILES string of the molecule is CC(C)C(Nc1cc(C(N)=S)c2ccccc2n1)C(N)=O. The second-order valence-corrected chi connectivity index (χ2v) is 5.64. The van der Waals surface area contributed by atoms with Crippen LogP contribution in [0.3, 0.4) is 0 Å². The van der Waals surface area contributed by atoms with E-state index in [-0.39, 0.29) is 10.9 Å². The lowest BCUT2D eigenvalue weighted by Crippen LogP contribution is -2.39. The fraction of sp³-hybridized carbons (Fsp3) is 0.267. The van der Waals surface area contributed by atoms with Gasteiger partial charge in [0.1, 0.15) is 16.8 Å². The van der Waals surface area contributed by atoms with Crippen molar-refractivity contribution in [3.8, 4) is 0 Å². The smallest absolute Gasteiger partial charge is 0.240 e. The van der Waals surface area contributed by atoms with E-state index in [4.69, 9.17) is 23.7 Å². The van der Waals surface area contributed by atoms with Crippen LogP contribution in [0, 0.1) is 5.92 Å². The molecule has 0 bridgehead atoms. The summed E-state index contributed by atoms with van der Waals surface area (Å²) in [6, 6.07) is 8.82. The molecule has 1 aromatic carbocycles. The molecular formula is C15H18N4OS. The van der Waals surface area contributed by atoms with Gasteiger partial charge in [-0.25, -0.2) is 4.98 Å². The number of amides is 1. The Labute approximate surface area is 128 Å². The molecule has 0 saturated carbocycles. The van der Waals surface area contributed by atoms with Gasteiger partial charge in [0.15, 0.2) is 0 Å². The molecule has 2 aromatic rings. The third kappa shape index (κ3) is 3.28. The highest BCUT2D eigenvalue weighted by molar-refractivity contribution is 7.80. The molecule has 0 aliphatic heterocycles.